The molecule has 2 saturated heterocycles. The summed E-state index contributed by atoms with van der Waals surface area (Å²) in [6.07, 6.45) is 3.51. The van der Waals surface area contributed by atoms with Gasteiger partial charge in [-0.25, -0.2) is 4.39 Å². The van der Waals surface area contributed by atoms with Gasteiger partial charge in [-0.2, -0.15) is 0 Å². The molecule has 0 spiro atoms. The highest BCUT2D eigenvalue weighted by Crippen LogP contribution is 2.30. The van der Waals surface area contributed by atoms with Crippen molar-refractivity contribution in [2.45, 2.75) is 12.8 Å². The van der Waals surface area contributed by atoms with Gasteiger partial charge in [0.1, 0.15) is 11.3 Å². The lowest BCUT2D eigenvalue weighted by Gasteiger charge is -2.37. The molecule has 25 heavy (non-hydrogen) atoms. The van der Waals surface area contributed by atoms with Crippen molar-refractivity contribution in [3.05, 3.63) is 36.3 Å². The summed E-state index contributed by atoms with van der Waals surface area (Å²) in [6, 6.07) is 6.96. The number of benzene rings is 1. The fourth-order valence-electron chi connectivity index (χ4n) is 3.84. The first-order chi connectivity index (χ1) is 12.2. The maximum Gasteiger partial charge on any atom is 0.227 e. The molecule has 2 aromatic rings. The van der Waals surface area contributed by atoms with Gasteiger partial charge in [0.05, 0.1) is 19.1 Å². The van der Waals surface area contributed by atoms with E-state index < -0.39 is 0 Å². The van der Waals surface area contributed by atoms with Crippen molar-refractivity contribution in [2.75, 3.05) is 44.3 Å². The van der Waals surface area contributed by atoms with Crippen LogP contribution in [0.4, 0.5) is 10.1 Å². The van der Waals surface area contributed by atoms with E-state index in [2.05, 4.69) is 9.88 Å². The minimum Gasteiger partial charge on any atom is -0.378 e. The fourth-order valence-corrected chi connectivity index (χ4v) is 3.84. The van der Waals surface area contributed by atoms with Crippen molar-refractivity contribution in [3.8, 4) is 0 Å². The number of pyridine rings is 1. The van der Waals surface area contributed by atoms with E-state index in [4.69, 9.17) is 4.74 Å². The third-order valence-corrected chi connectivity index (χ3v) is 5.13. The first-order valence-corrected chi connectivity index (χ1v) is 8.89. The van der Waals surface area contributed by atoms with E-state index in [1.807, 2.05) is 17.0 Å². The molecule has 0 unspecified atom stereocenters. The van der Waals surface area contributed by atoms with E-state index in [1.165, 1.54) is 6.07 Å². The second-order valence-electron chi connectivity index (χ2n) is 6.69. The van der Waals surface area contributed by atoms with Crippen molar-refractivity contribution in [3.63, 3.8) is 0 Å². The molecule has 0 bridgehead atoms. The molecule has 6 heteroatoms. The molecule has 2 aliphatic heterocycles. The lowest BCUT2D eigenvalue weighted by atomic mass is 9.95. The maximum absolute atomic E-state index is 14.0. The van der Waals surface area contributed by atoms with Crippen molar-refractivity contribution in [1.29, 1.82) is 0 Å². The molecule has 1 aromatic heterocycles. The number of hydrogen-bond donors (Lipinski definition) is 0. The second kappa shape index (κ2) is 6.96. The van der Waals surface area contributed by atoms with Crippen molar-refractivity contribution >= 4 is 22.5 Å². The smallest absolute Gasteiger partial charge is 0.227 e. The number of ether oxygens (including phenoxy) is 1. The zero-order valence-electron chi connectivity index (χ0n) is 14.2. The summed E-state index contributed by atoms with van der Waals surface area (Å²) in [5.41, 5.74) is 1.35. The predicted molar refractivity (Wildman–Crippen MR) is 94.0 cm³/mol. The molecule has 5 nitrogen and oxygen atoms in total. The second-order valence-corrected chi connectivity index (χ2v) is 6.69. The highest BCUT2D eigenvalue weighted by atomic mass is 19.1. The summed E-state index contributed by atoms with van der Waals surface area (Å²) in [7, 11) is 0. The van der Waals surface area contributed by atoms with Gasteiger partial charge in [0.2, 0.25) is 5.91 Å². The summed E-state index contributed by atoms with van der Waals surface area (Å²) in [6.45, 7) is 4.15. The summed E-state index contributed by atoms with van der Waals surface area (Å²) >= 11 is 0. The standard InChI is InChI=1S/C19H22FN3O2/c20-16-5-1-4-15-17(6-7-21-18(15)16)23-8-2-3-14(13-23)19(24)22-9-11-25-12-10-22/h1,4-7,14H,2-3,8-13H2/t14-/m1/s1. The quantitative estimate of drug-likeness (QED) is 0.840. The van der Waals surface area contributed by atoms with Gasteiger partial charge in [0.25, 0.3) is 0 Å². The first kappa shape index (κ1) is 16.3. The molecule has 0 radical (unpaired) electrons. The van der Waals surface area contributed by atoms with E-state index in [0.29, 0.717) is 38.4 Å². The Morgan fingerprint density at radius 1 is 1.20 bits per heavy atom. The number of halogens is 1. The number of nitrogens with zero attached hydrogens (tertiary/aromatic N) is 3. The Bertz CT molecular complexity index is 776. The number of morpholine rings is 1. The molecule has 1 aromatic carbocycles. The normalized spacial score (nSPS) is 21.6. The Balaban J connectivity index is 1.57. The highest BCUT2D eigenvalue weighted by molar-refractivity contribution is 5.92. The molecular weight excluding hydrogens is 321 g/mol. The number of carbonyl (C=O) groups excluding carboxylic acids is 1. The Kier molecular flexibility index (Phi) is 4.53. The van der Waals surface area contributed by atoms with Gasteiger partial charge in [0.15, 0.2) is 0 Å². The minimum absolute atomic E-state index is 0.0105. The van der Waals surface area contributed by atoms with Crippen LogP contribution in [-0.2, 0) is 9.53 Å². The van der Waals surface area contributed by atoms with Gasteiger partial charge >= 0.3 is 0 Å². The Morgan fingerprint density at radius 2 is 2.04 bits per heavy atom. The molecule has 3 heterocycles. The zero-order chi connectivity index (χ0) is 17.2. The van der Waals surface area contributed by atoms with Crippen LogP contribution in [0.5, 0.6) is 0 Å². The van der Waals surface area contributed by atoms with Gasteiger partial charge in [-0.1, -0.05) is 12.1 Å². The Hall–Kier alpha value is -2.21. The number of carbonyl (C=O) groups is 1. The number of amides is 1. The van der Waals surface area contributed by atoms with Crippen LogP contribution < -0.4 is 4.90 Å². The number of fused-ring (bicyclic) bond motifs is 1. The highest BCUT2D eigenvalue weighted by Gasteiger charge is 2.30. The van der Waals surface area contributed by atoms with Crippen molar-refractivity contribution in [2.24, 2.45) is 5.92 Å². The van der Waals surface area contributed by atoms with E-state index >= 15 is 0 Å². The van der Waals surface area contributed by atoms with Crippen LogP contribution in [0.3, 0.4) is 0 Å². The molecule has 1 atom stereocenters. The number of rotatable bonds is 2. The largest absolute Gasteiger partial charge is 0.378 e. The van der Waals surface area contributed by atoms with Crippen LogP contribution in [0.1, 0.15) is 12.8 Å². The van der Waals surface area contributed by atoms with Gasteiger partial charge in [-0.3, -0.25) is 9.78 Å². The molecule has 4 rings (SSSR count). The fraction of sp³-hybridized carbons (Fsp3) is 0.474. The molecule has 2 aliphatic rings. The molecule has 2 fully saturated rings. The average molecular weight is 343 g/mol. The lowest BCUT2D eigenvalue weighted by Crippen LogP contribution is -2.48. The first-order valence-electron chi connectivity index (χ1n) is 8.89. The molecule has 0 saturated carbocycles. The minimum atomic E-state index is -0.308. The topological polar surface area (TPSA) is 45.7 Å². The maximum atomic E-state index is 14.0. The van der Waals surface area contributed by atoms with E-state index in [0.717, 1.165) is 30.5 Å². The van der Waals surface area contributed by atoms with Crippen LogP contribution in [0.25, 0.3) is 10.9 Å². The molecular formula is C19H22FN3O2. The number of aromatic nitrogens is 1. The monoisotopic (exact) mass is 343 g/mol. The number of para-hydroxylation sites is 1. The third kappa shape index (κ3) is 3.18. The summed E-state index contributed by atoms with van der Waals surface area (Å²) in [5.74, 6) is -0.0986. The number of piperidine rings is 1. The molecule has 1 amide bonds. The van der Waals surface area contributed by atoms with Gasteiger partial charge < -0.3 is 14.5 Å². The van der Waals surface area contributed by atoms with Crippen LogP contribution in [0.15, 0.2) is 30.5 Å². The Morgan fingerprint density at radius 3 is 2.88 bits per heavy atom. The molecule has 0 aliphatic carbocycles. The summed E-state index contributed by atoms with van der Waals surface area (Å²) in [5, 5.41) is 0.807. The van der Waals surface area contributed by atoms with Gasteiger partial charge in [0, 0.05) is 43.4 Å². The SMILES string of the molecule is O=C([C@@H]1CCCN(c2ccnc3c(F)cccc23)C1)N1CCOCC1. The lowest BCUT2D eigenvalue weighted by molar-refractivity contribution is -0.139. The van der Waals surface area contributed by atoms with E-state index in [1.54, 1.807) is 12.3 Å². The van der Waals surface area contributed by atoms with E-state index in [9.17, 15) is 9.18 Å². The van der Waals surface area contributed by atoms with Gasteiger partial charge in [-0.05, 0) is 25.0 Å². The zero-order valence-corrected chi connectivity index (χ0v) is 14.2. The van der Waals surface area contributed by atoms with Crippen LogP contribution in [-0.4, -0.2) is 55.2 Å². The van der Waals surface area contributed by atoms with Crippen LogP contribution in [0, 0.1) is 11.7 Å². The molecule has 0 N–H and O–H groups in total. The number of hydrogen-bond acceptors (Lipinski definition) is 4. The van der Waals surface area contributed by atoms with Crippen LogP contribution in [0.2, 0.25) is 0 Å². The molecule has 132 valence electrons. The van der Waals surface area contributed by atoms with Gasteiger partial charge in [-0.15, -0.1) is 0 Å². The van der Waals surface area contributed by atoms with Crippen LogP contribution >= 0.6 is 0 Å². The number of anilines is 1. The van der Waals surface area contributed by atoms with E-state index in [-0.39, 0.29) is 17.6 Å². The third-order valence-electron chi connectivity index (χ3n) is 5.13. The van der Waals surface area contributed by atoms with Crippen molar-refractivity contribution in [1.82, 2.24) is 9.88 Å². The summed E-state index contributed by atoms with van der Waals surface area (Å²) < 4.78 is 19.4. The Labute approximate surface area is 146 Å². The summed E-state index contributed by atoms with van der Waals surface area (Å²) in [4.78, 5) is 21.1. The predicted octanol–water partition coefficient (Wildman–Crippen LogP) is 2.45. The van der Waals surface area contributed by atoms with Crippen molar-refractivity contribution < 1.29 is 13.9 Å². The average Bonchev–Trinajstić information content (AvgIpc) is 2.68.